The van der Waals surface area contributed by atoms with Crippen molar-refractivity contribution in [1.82, 2.24) is 5.32 Å². The lowest BCUT2D eigenvalue weighted by Crippen LogP contribution is -2.42. The Morgan fingerprint density at radius 1 is 1.03 bits per heavy atom. The minimum atomic E-state index is -4.05. The molecule has 1 amide bonds. The summed E-state index contributed by atoms with van der Waals surface area (Å²) >= 11 is 0. The summed E-state index contributed by atoms with van der Waals surface area (Å²) < 4.78 is 45.9. The second-order valence-corrected chi connectivity index (χ2v) is 9.18. The van der Waals surface area contributed by atoms with Crippen LogP contribution in [0, 0.1) is 5.82 Å². The Kier molecular flexibility index (Phi) is 7.27. The van der Waals surface area contributed by atoms with Crippen molar-refractivity contribution in [2.24, 2.45) is 0 Å². The quantitative estimate of drug-likeness (QED) is 0.630. The van der Waals surface area contributed by atoms with Gasteiger partial charge in [0.05, 0.1) is 16.1 Å². The van der Waals surface area contributed by atoms with E-state index in [-0.39, 0.29) is 28.1 Å². The fraction of sp³-hybridized carbons (Fsp3) is 0.364. The van der Waals surface area contributed by atoms with Gasteiger partial charge < -0.3 is 10.1 Å². The molecule has 31 heavy (non-hydrogen) atoms. The number of para-hydroxylation sites is 1. The number of amides is 1. The Morgan fingerprint density at radius 3 is 2.35 bits per heavy atom. The van der Waals surface area contributed by atoms with Gasteiger partial charge in [0.2, 0.25) is 0 Å². The van der Waals surface area contributed by atoms with Crippen LogP contribution in [0.4, 0.5) is 10.1 Å². The van der Waals surface area contributed by atoms with Gasteiger partial charge in [0.1, 0.15) is 5.82 Å². The molecule has 0 radical (unpaired) electrons. The van der Waals surface area contributed by atoms with Crippen LogP contribution in [0.3, 0.4) is 0 Å². The third-order valence-corrected chi connectivity index (χ3v) is 6.50. The highest BCUT2D eigenvalue weighted by atomic mass is 32.2. The van der Waals surface area contributed by atoms with E-state index in [1.807, 2.05) is 0 Å². The second kappa shape index (κ2) is 9.91. The summed E-state index contributed by atoms with van der Waals surface area (Å²) in [6.07, 6.45) is 4.04. The summed E-state index contributed by atoms with van der Waals surface area (Å²) in [5, 5.41) is 2.90. The van der Waals surface area contributed by atoms with Gasteiger partial charge in [-0.3, -0.25) is 9.52 Å². The maximum Gasteiger partial charge on any atom is 0.341 e. The van der Waals surface area contributed by atoms with Crippen molar-refractivity contribution in [3.8, 4) is 0 Å². The molecule has 3 rings (SSSR count). The number of sulfonamides is 1. The number of esters is 1. The molecule has 9 heteroatoms. The highest BCUT2D eigenvalue weighted by Gasteiger charge is 2.25. The molecular weight excluding hydrogens is 423 g/mol. The summed E-state index contributed by atoms with van der Waals surface area (Å²) in [6, 6.07) is 10.3. The van der Waals surface area contributed by atoms with E-state index in [4.69, 9.17) is 4.74 Å². The van der Waals surface area contributed by atoms with Gasteiger partial charge in [-0.1, -0.05) is 31.4 Å². The van der Waals surface area contributed by atoms with Crippen molar-refractivity contribution in [3.05, 3.63) is 59.9 Å². The number of benzene rings is 2. The van der Waals surface area contributed by atoms with E-state index >= 15 is 0 Å². The lowest BCUT2D eigenvalue weighted by molar-refractivity contribution is -0.130. The third kappa shape index (κ3) is 6.04. The summed E-state index contributed by atoms with van der Waals surface area (Å²) in [5.41, 5.74) is -0.0396. The fourth-order valence-electron chi connectivity index (χ4n) is 3.41. The van der Waals surface area contributed by atoms with Crippen LogP contribution in [0.2, 0.25) is 0 Å². The molecule has 1 saturated carbocycles. The van der Waals surface area contributed by atoms with Crippen LogP contribution in [0.1, 0.15) is 49.4 Å². The summed E-state index contributed by atoms with van der Waals surface area (Å²) in [6.45, 7) is 1.47. The SMILES string of the molecule is CC(OC(=O)c1ccccc1NS(=O)(=O)c1ccc(F)cc1)C(=O)NC1CCCCC1. The molecule has 0 heterocycles. The van der Waals surface area contributed by atoms with Gasteiger partial charge >= 0.3 is 5.97 Å². The van der Waals surface area contributed by atoms with Crippen molar-refractivity contribution >= 4 is 27.6 Å². The predicted molar refractivity (Wildman–Crippen MR) is 114 cm³/mol. The van der Waals surface area contributed by atoms with Crippen molar-refractivity contribution in [2.75, 3.05) is 4.72 Å². The zero-order valence-corrected chi connectivity index (χ0v) is 18.0. The number of carbonyl (C=O) groups is 2. The van der Waals surface area contributed by atoms with Crippen LogP contribution in [-0.2, 0) is 19.6 Å². The Morgan fingerprint density at radius 2 is 1.68 bits per heavy atom. The number of anilines is 1. The lowest BCUT2D eigenvalue weighted by Gasteiger charge is -2.24. The average molecular weight is 449 g/mol. The Hall–Kier alpha value is -2.94. The van der Waals surface area contributed by atoms with Gasteiger partial charge in [-0.05, 0) is 56.2 Å². The first-order valence-electron chi connectivity index (χ1n) is 10.1. The van der Waals surface area contributed by atoms with Gasteiger partial charge in [0.25, 0.3) is 15.9 Å². The van der Waals surface area contributed by atoms with E-state index < -0.39 is 27.9 Å². The van der Waals surface area contributed by atoms with E-state index in [9.17, 15) is 22.4 Å². The van der Waals surface area contributed by atoms with Crippen molar-refractivity contribution < 1.29 is 27.1 Å². The van der Waals surface area contributed by atoms with Crippen LogP contribution >= 0.6 is 0 Å². The first-order valence-corrected chi connectivity index (χ1v) is 11.6. The van der Waals surface area contributed by atoms with Gasteiger partial charge in [-0.25, -0.2) is 17.6 Å². The Balaban J connectivity index is 1.69. The highest BCUT2D eigenvalue weighted by Crippen LogP contribution is 2.22. The molecule has 0 saturated heterocycles. The van der Waals surface area contributed by atoms with Crippen LogP contribution in [0.5, 0.6) is 0 Å². The van der Waals surface area contributed by atoms with E-state index in [0.717, 1.165) is 56.4 Å². The number of ether oxygens (including phenoxy) is 1. The summed E-state index contributed by atoms with van der Waals surface area (Å²) in [4.78, 5) is 24.9. The first-order chi connectivity index (χ1) is 14.8. The molecule has 2 aromatic rings. The van der Waals surface area contributed by atoms with Gasteiger partial charge in [-0.2, -0.15) is 0 Å². The van der Waals surface area contributed by atoms with Crippen LogP contribution in [0.15, 0.2) is 53.4 Å². The topological polar surface area (TPSA) is 102 Å². The molecule has 1 aliphatic rings. The van der Waals surface area contributed by atoms with Crippen LogP contribution in [0.25, 0.3) is 0 Å². The number of hydrogen-bond acceptors (Lipinski definition) is 5. The molecule has 7 nitrogen and oxygen atoms in total. The maximum absolute atomic E-state index is 13.1. The zero-order valence-electron chi connectivity index (χ0n) is 17.1. The number of hydrogen-bond donors (Lipinski definition) is 2. The molecule has 1 unspecified atom stereocenters. The van der Waals surface area contributed by atoms with E-state index in [0.29, 0.717) is 0 Å². The summed E-state index contributed by atoms with van der Waals surface area (Å²) in [5.74, 6) is -1.78. The highest BCUT2D eigenvalue weighted by molar-refractivity contribution is 7.92. The van der Waals surface area contributed by atoms with Gasteiger partial charge in [0, 0.05) is 6.04 Å². The van der Waals surface area contributed by atoms with Crippen molar-refractivity contribution in [2.45, 2.75) is 56.1 Å². The van der Waals surface area contributed by atoms with Crippen LogP contribution in [-0.4, -0.2) is 32.4 Å². The molecule has 0 aromatic heterocycles. The Labute approximate surface area is 181 Å². The fourth-order valence-corrected chi connectivity index (χ4v) is 4.49. The van der Waals surface area contributed by atoms with Crippen LogP contribution < -0.4 is 10.0 Å². The normalized spacial score (nSPS) is 15.7. The number of nitrogens with one attached hydrogen (secondary N) is 2. The Bertz CT molecular complexity index is 1030. The van der Waals surface area contributed by atoms with Gasteiger partial charge in [-0.15, -0.1) is 0 Å². The van der Waals surface area contributed by atoms with Crippen molar-refractivity contribution in [1.29, 1.82) is 0 Å². The molecule has 166 valence electrons. The smallest absolute Gasteiger partial charge is 0.341 e. The molecule has 0 aliphatic heterocycles. The number of rotatable bonds is 7. The maximum atomic E-state index is 13.1. The standard InChI is InChI=1S/C22H25FN2O5S/c1-15(21(26)24-17-7-3-2-4-8-17)30-22(27)19-9-5-6-10-20(19)25-31(28,29)18-13-11-16(23)12-14-18/h5-6,9-15,17,25H,2-4,7-8H2,1H3,(H,24,26). The third-order valence-electron chi connectivity index (χ3n) is 5.12. The van der Waals surface area contributed by atoms with E-state index in [2.05, 4.69) is 10.0 Å². The minimum absolute atomic E-state index is 0.00304. The second-order valence-electron chi connectivity index (χ2n) is 7.50. The first kappa shape index (κ1) is 22.7. The number of carbonyl (C=O) groups excluding carboxylic acids is 2. The molecule has 1 fully saturated rings. The largest absolute Gasteiger partial charge is 0.449 e. The zero-order chi connectivity index (χ0) is 22.4. The molecular formula is C22H25FN2O5S. The predicted octanol–water partition coefficient (Wildman–Crippen LogP) is 3.62. The number of halogens is 1. The molecule has 1 atom stereocenters. The van der Waals surface area contributed by atoms with E-state index in [1.54, 1.807) is 12.1 Å². The molecule has 0 spiro atoms. The minimum Gasteiger partial charge on any atom is -0.449 e. The average Bonchev–Trinajstić information content (AvgIpc) is 2.74. The molecule has 2 N–H and O–H groups in total. The summed E-state index contributed by atoms with van der Waals surface area (Å²) in [7, 11) is -4.05. The van der Waals surface area contributed by atoms with E-state index in [1.165, 1.54) is 19.1 Å². The van der Waals surface area contributed by atoms with Gasteiger partial charge in [0.15, 0.2) is 6.10 Å². The monoisotopic (exact) mass is 448 g/mol. The molecule has 2 aromatic carbocycles. The molecule has 1 aliphatic carbocycles. The molecule has 0 bridgehead atoms. The van der Waals surface area contributed by atoms with Crippen molar-refractivity contribution in [3.63, 3.8) is 0 Å². The lowest BCUT2D eigenvalue weighted by atomic mass is 9.95.